The van der Waals surface area contributed by atoms with E-state index in [-0.39, 0.29) is 11.2 Å². The molecule has 4 heteroatoms. The molecule has 0 spiro atoms. The Hall–Kier alpha value is -0.760. The van der Waals surface area contributed by atoms with Gasteiger partial charge in [-0.2, -0.15) is 0 Å². The molecule has 0 fully saturated rings. The maximum Gasteiger partial charge on any atom is 0.129 e. The number of halogens is 4. The molecule has 0 aliphatic carbocycles. The summed E-state index contributed by atoms with van der Waals surface area (Å²) in [6, 6.07) is 8.76. The second kappa shape index (κ2) is 5.70. The molecule has 1 unspecified atom stereocenters. The van der Waals surface area contributed by atoms with Crippen molar-refractivity contribution in [2.45, 2.75) is 19.2 Å². The van der Waals surface area contributed by atoms with Crippen LogP contribution in [0, 0.1) is 19.7 Å². The van der Waals surface area contributed by atoms with Crippen LogP contribution in [0.5, 0.6) is 0 Å². The smallest absolute Gasteiger partial charge is 0.129 e. The number of rotatable bonds is 2. The van der Waals surface area contributed by atoms with Crippen molar-refractivity contribution in [2.24, 2.45) is 0 Å². The molecule has 0 aliphatic rings. The lowest BCUT2D eigenvalue weighted by Crippen LogP contribution is -1.98. The number of alkyl halides is 1. The fourth-order valence-corrected chi connectivity index (χ4v) is 2.56. The highest BCUT2D eigenvalue weighted by Gasteiger charge is 2.15. The van der Waals surface area contributed by atoms with Crippen LogP contribution in [0.1, 0.15) is 27.6 Å². The first-order valence-electron chi connectivity index (χ1n) is 5.76. The maximum atomic E-state index is 13.6. The third-order valence-electron chi connectivity index (χ3n) is 2.99. The van der Waals surface area contributed by atoms with Gasteiger partial charge in [0, 0.05) is 0 Å². The van der Waals surface area contributed by atoms with Gasteiger partial charge in [-0.1, -0.05) is 41.4 Å². The quantitative estimate of drug-likeness (QED) is 0.589. The van der Waals surface area contributed by atoms with Gasteiger partial charge in [-0.15, -0.1) is 11.6 Å². The zero-order valence-electron chi connectivity index (χ0n) is 10.5. The molecular formula is C15H12Cl3F. The van der Waals surface area contributed by atoms with Crippen molar-refractivity contribution in [1.29, 1.82) is 0 Å². The van der Waals surface area contributed by atoms with E-state index in [0.29, 0.717) is 21.2 Å². The minimum absolute atomic E-state index is 0.193. The largest absolute Gasteiger partial charge is 0.206 e. The van der Waals surface area contributed by atoms with Crippen molar-refractivity contribution < 1.29 is 4.39 Å². The van der Waals surface area contributed by atoms with Crippen LogP contribution in [-0.2, 0) is 0 Å². The minimum Gasteiger partial charge on any atom is -0.206 e. The first kappa shape index (κ1) is 14.6. The number of aryl methyl sites for hydroxylation is 2. The Morgan fingerprint density at radius 3 is 2.00 bits per heavy atom. The molecule has 0 heterocycles. The second-order valence-electron chi connectivity index (χ2n) is 4.50. The van der Waals surface area contributed by atoms with Crippen LogP contribution in [0.4, 0.5) is 4.39 Å². The highest BCUT2D eigenvalue weighted by atomic mass is 35.5. The Kier molecular flexibility index (Phi) is 4.39. The average Bonchev–Trinajstić information content (AvgIpc) is 2.37. The highest BCUT2D eigenvalue weighted by Crippen LogP contribution is 2.34. The normalized spacial score (nSPS) is 12.5. The summed E-state index contributed by atoms with van der Waals surface area (Å²) in [5.41, 5.74) is 2.85. The van der Waals surface area contributed by atoms with Gasteiger partial charge >= 0.3 is 0 Å². The number of hydrogen-bond acceptors (Lipinski definition) is 0. The van der Waals surface area contributed by atoms with E-state index < -0.39 is 0 Å². The molecule has 1 atom stereocenters. The molecule has 19 heavy (non-hydrogen) atoms. The Bertz CT molecular complexity index is 600. The van der Waals surface area contributed by atoms with Gasteiger partial charge < -0.3 is 0 Å². The molecule has 0 nitrogen and oxygen atoms in total. The SMILES string of the molecule is Cc1cc(C(Cl)c2ccc(Cl)c(Cl)c2)cc(C)c1F. The molecule has 0 saturated heterocycles. The summed E-state index contributed by atoms with van der Waals surface area (Å²) in [5.74, 6) is -0.193. The average molecular weight is 318 g/mol. The predicted molar refractivity (Wildman–Crippen MR) is 80.0 cm³/mol. The fraction of sp³-hybridized carbons (Fsp3) is 0.200. The standard InChI is InChI=1S/C15H12Cl3F/c1-8-5-11(6-9(2)15(8)19)14(18)10-3-4-12(16)13(17)7-10/h3-7,14H,1-2H3. The van der Waals surface area contributed by atoms with E-state index in [4.69, 9.17) is 34.8 Å². The van der Waals surface area contributed by atoms with Gasteiger partial charge in [-0.05, 0) is 48.2 Å². The molecule has 100 valence electrons. The molecule has 0 bridgehead atoms. The van der Waals surface area contributed by atoms with Crippen molar-refractivity contribution in [3.05, 3.63) is 68.4 Å². The van der Waals surface area contributed by atoms with E-state index in [2.05, 4.69) is 0 Å². The second-order valence-corrected chi connectivity index (χ2v) is 5.76. The van der Waals surface area contributed by atoms with E-state index in [1.165, 1.54) is 0 Å². The number of benzene rings is 2. The van der Waals surface area contributed by atoms with Gasteiger partial charge in [0.1, 0.15) is 5.82 Å². The van der Waals surface area contributed by atoms with Gasteiger partial charge in [0.25, 0.3) is 0 Å². The van der Waals surface area contributed by atoms with Crippen molar-refractivity contribution in [1.82, 2.24) is 0 Å². The molecule has 2 rings (SSSR count). The fourth-order valence-electron chi connectivity index (χ4n) is 1.99. The Labute approximate surface area is 127 Å². The van der Waals surface area contributed by atoms with Gasteiger partial charge in [0.2, 0.25) is 0 Å². The summed E-state index contributed by atoms with van der Waals surface area (Å²) in [6.07, 6.45) is 0. The van der Waals surface area contributed by atoms with Crippen LogP contribution in [0.25, 0.3) is 0 Å². The molecule has 0 radical (unpaired) electrons. The maximum absolute atomic E-state index is 13.6. The minimum atomic E-state index is -0.382. The lowest BCUT2D eigenvalue weighted by molar-refractivity contribution is 0.608. The van der Waals surface area contributed by atoms with Crippen LogP contribution >= 0.6 is 34.8 Å². The van der Waals surface area contributed by atoms with Crippen LogP contribution in [0.2, 0.25) is 10.0 Å². The van der Waals surface area contributed by atoms with E-state index in [1.54, 1.807) is 38.1 Å². The zero-order valence-corrected chi connectivity index (χ0v) is 12.7. The summed E-state index contributed by atoms with van der Waals surface area (Å²) in [4.78, 5) is 0. The molecule has 2 aromatic carbocycles. The predicted octanol–water partition coefficient (Wildman–Crippen LogP) is 6.08. The molecule has 0 saturated carbocycles. The van der Waals surface area contributed by atoms with Crippen LogP contribution < -0.4 is 0 Å². The van der Waals surface area contributed by atoms with E-state index >= 15 is 0 Å². The van der Waals surface area contributed by atoms with Gasteiger partial charge in [-0.3, -0.25) is 0 Å². The van der Waals surface area contributed by atoms with Gasteiger partial charge in [-0.25, -0.2) is 4.39 Å². The molecule has 0 aromatic heterocycles. The first-order valence-corrected chi connectivity index (χ1v) is 6.95. The summed E-state index contributed by atoms with van der Waals surface area (Å²) in [6.45, 7) is 3.45. The highest BCUT2D eigenvalue weighted by molar-refractivity contribution is 6.42. The van der Waals surface area contributed by atoms with Crippen LogP contribution in [0.3, 0.4) is 0 Å². The third-order valence-corrected chi connectivity index (χ3v) is 4.23. The van der Waals surface area contributed by atoms with Gasteiger partial charge in [0.05, 0.1) is 15.4 Å². The summed E-state index contributed by atoms with van der Waals surface area (Å²) < 4.78 is 13.6. The summed E-state index contributed by atoms with van der Waals surface area (Å²) >= 11 is 18.3. The number of hydrogen-bond donors (Lipinski definition) is 0. The van der Waals surface area contributed by atoms with E-state index in [1.807, 2.05) is 6.07 Å². The van der Waals surface area contributed by atoms with E-state index in [0.717, 1.165) is 11.1 Å². The lowest BCUT2D eigenvalue weighted by atomic mass is 10.00. The molecule has 2 aromatic rings. The molecule has 0 N–H and O–H groups in total. The topological polar surface area (TPSA) is 0 Å². The van der Waals surface area contributed by atoms with Crippen molar-refractivity contribution in [3.8, 4) is 0 Å². The van der Waals surface area contributed by atoms with Gasteiger partial charge in [0.15, 0.2) is 0 Å². The van der Waals surface area contributed by atoms with Crippen molar-refractivity contribution in [3.63, 3.8) is 0 Å². The molecule has 0 amide bonds. The zero-order chi connectivity index (χ0) is 14.2. The first-order chi connectivity index (χ1) is 8.90. The third kappa shape index (κ3) is 3.05. The Balaban J connectivity index is 2.43. The summed E-state index contributed by atoms with van der Waals surface area (Å²) in [7, 11) is 0. The Morgan fingerprint density at radius 1 is 0.895 bits per heavy atom. The monoisotopic (exact) mass is 316 g/mol. The van der Waals surface area contributed by atoms with Crippen LogP contribution in [-0.4, -0.2) is 0 Å². The van der Waals surface area contributed by atoms with Crippen molar-refractivity contribution in [2.75, 3.05) is 0 Å². The molecular weight excluding hydrogens is 306 g/mol. The van der Waals surface area contributed by atoms with Crippen LogP contribution in [0.15, 0.2) is 30.3 Å². The van der Waals surface area contributed by atoms with Crippen molar-refractivity contribution >= 4 is 34.8 Å². The Morgan fingerprint density at radius 2 is 1.47 bits per heavy atom. The molecule has 0 aliphatic heterocycles. The lowest BCUT2D eigenvalue weighted by Gasteiger charge is -2.14. The van der Waals surface area contributed by atoms with E-state index in [9.17, 15) is 4.39 Å². The summed E-state index contributed by atoms with van der Waals surface area (Å²) in [5, 5.41) is 0.564.